The van der Waals surface area contributed by atoms with Gasteiger partial charge in [-0.25, -0.2) is 0 Å². The van der Waals surface area contributed by atoms with E-state index in [-0.39, 0.29) is 18.0 Å². The Balaban J connectivity index is 4.04. The van der Waals surface area contributed by atoms with E-state index in [9.17, 15) is 4.79 Å². The van der Waals surface area contributed by atoms with Crippen LogP contribution in [0.4, 0.5) is 0 Å². The number of carbonyl (C=O) groups excluding carboxylic acids is 1. The van der Waals surface area contributed by atoms with Gasteiger partial charge in [0.15, 0.2) is 0 Å². The third kappa shape index (κ3) is 5.38. The summed E-state index contributed by atoms with van der Waals surface area (Å²) >= 11 is 0. The molecule has 2 N–H and O–H groups in total. The monoisotopic (exact) mass is 211 g/mol. The van der Waals surface area contributed by atoms with E-state index < -0.39 is 0 Å². The SMILES string of the molecule is CCCC(N)CC(=O)N(C)C(C)CC#N. The summed E-state index contributed by atoms with van der Waals surface area (Å²) in [5, 5.41) is 8.52. The molecule has 0 bridgehead atoms. The summed E-state index contributed by atoms with van der Waals surface area (Å²) in [5.74, 6) is 0.0266. The molecule has 0 saturated heterocycles. The van der Waals surface area contributed by atoms with Gasteiger partial charge in [0.2, 0.25) is 5.91 Å². The van der Waals surface area contributed by atoms with Crippen LogP contribution in [0.15, 0.2) is 0 Å². The van der Waals surface area contributed by atoms with Gasteiger partial charge in [-0.3, -0.25) is 4.79 Å². The lowest BCUT2D eigenvalue weighted by atomic mass is 10.1. The van der Waals surface area contributed by atoms with Crippen LogP contribution in [-0.4, -0.2) is 29.9 Å². The molecule has 1 amide bonds. The molecule has 0 aliphatic carbocycles. The Bertz CT molecular complexity index is 234. The van der Waals surface area contributed by atoms with Gasteiger partial charge >= 0.3 is 0 Å². The molecule has 0 aromatic heterocycles. The summed E-state index contributed by atoms with van der Waals surface area (Å²) in [4.78, 5) is 13.3. The molecule has 0 radical (unpaired) electrons. The first kappa shape index (κ1) is 13.9. The van der Waals surface area contributed by atoms with Crippen molar-refractivity contribution in [2.24, 2.45) is 5.73 Å². The average Bonchev–Trinajstić information content (AvgIpc) is 2.17. The molecular formula is C11H21N3O. The number of nitrogens with two attached hydrogens (primary N) is 1. The smallest absolute Gasteiger partial charge is 0.224 e. The summed E-state index contributed by atoms with van der Waals surface area (Å²) in [7, 11) is 1.73. The van der Waals surface area contributed by atoms with Crippen LogP contribution in [0.5, 0.6) is 0 Å². The van der Waals surface area contributed by atoms with Crippen molar-refractivity contribution in [3.8, 4) is 6.07 Å². The van der Waals surface area contributed by atoms with Crippen LogP contribution in [0.3, 0.4) is 0 Å². The van der Waals surface area contributed by atoms with E-state index in [1.165, 1.54) is 0 Å². The first-order chi connectivity index (χ1) is 7.02. The maximum atomic E-state index is 11.7. The minimum atomic E-state index is -0.0563. The summed E-state index contributed by atoms with van der Waals surface area (Å²) in [5.41, 5.74) is 5.78. The fourth-order valence-corrected chi connectivity index (χ4v) is 1.36. The molecule has 0 fully saturated rings. The lowest BCUT2D eigenvalue weighted by Crippen LogP contribution is -2.38. The van der Waals surface area contributed by atoms with Crippen molar-refractivity contribution in [1.82, 2.24) is 4.90 Å². The summed E-state index contributed by atoms with van der Waals surface area (Å²) in [6.07, 6.45) is 2.60. The molecule has 0 heterocycles. The zero-order valence-corrected chi connectivity index (χ0v) is 9.86. The fourth-order valence-electron chi connectivity index (χ4n) is 1.36. The molecule has 2 unspecified atom stereocenters. The number of nitrogens with zero attached hydrogens (tertiary/aromatic N) is 2. The number of hydrogen-bond donors (Lipinski definition) is 1. The quantitative estimate of drug-likeness (QED) is 0.719. The van der Waals surface area contributed by atoms with Crippen LogP contribution in [-0.2, 0) is 4.79 Å². The normalized spacial score (nSPS) is 14.1. The zero-order chi connectivity index (χ0) is 11.8. The maximum absolute atomic E-state index is 11.7. The lowest BCUT2D eigenvalue weighted by molar-refractivity contribution is -0.131. The van der Waals surface area contributed by atoms with Crippen molar-refractivity contribution < 1.29 is 4.79 Å². The Hall–Kier alpha value is -1.08. The maximum Gasteiger partial charge on any atom is 0.224 e. The van der Waals surface area contributed by atoms with Crippen molar-refractivity contribution in [3.05, 3.63) is 0 Å². The van der Waals surface area contributed by atoms with E-state index in [1.54, 1.807) is 11.9 Å². The molecule has 86 valence electrons. The Morgan fingerprint density at radius 2 is 2.20 bits per heavy atom. The van der Waals surface area contributed by atoms with Crippen molar-refractivity contribution in [2.45, 2.75) is 51.6 Å². The molecule has 0 spiro atoms. The predicted octanol–water partition coefficient (Wildman–Crippen LogP) is 1.26. The van der Waals surface area contributed by atoms with Gasteiger partial charge < -0.3 is 10.6 Å². The van der Waals surface area contributed by atoms with Crippen LogP contribution in [0.2, 0.25) is 0 Å². The fraction of sp³-hybridized carbons (Fsp3) is 0.818. The first-order valence-corrected chi connectivity index (χ1v) is 5.41. The Morgan fingerprint density at radius 3 is 2.67 bits per heavy atom. The van der Waals surface area contributed by atoms with Gasteiger partial charge in [0.25, 0.3) is 0 Å². The van der Waals surface area contributed by atoms with Crippen LogP contribution >= 0.6 is 0 Å². The summed E-state index contributed by atoms with van der Waals surface area (Å²) in [6.45, 7) is 3.92. The average molecular weight is 211 g/mol. The first-order valence-electron chi connectivity index (χ1n) is 5.41. The molecule has 0 aliphatic heterocycles. The van der Waals surface area contributed by atoms with Crippen molar-refractivity contribution in [1.29, 1.82) is 5.26 Å². The van der Waals surface area contributed by atoms with Gasteiger partial charge in [-0.15, -0.1) is 0 Å². The van der Waals surface area contributed by atoms with Gasteiger partial charge in [0.05, 0.1) is 12.5 Å². The zero-order valence-electron chi connectivity index (χ0n) is 9.86. The van der Waals surface area contributed by atoms with E-state index in [1.807, 2.05) is 13.8 Å². The van der Waals surface area contributed by atoms with Crippen LogP contribution in [0.25, 0.3) is 0 Å². The van der Waals surface area contributed by atoms with Crippen molar-refractivity contribution in [2.75, 3.05) is 7.05 Å². The van der Waals surface area contributed by atoms with E-state index >= 15 is 0 Å². The minimum Gasteiger partial charge on any atom is -0.342 e. The molecule has 0 aromatic carbocycles. The van der Waals surface area contributed by atoms with Crippen molar-refractivity contribution in [3.63, 3.8) is 0 Å². The van der Waals surface area contributed by atoms with E-state index in [0.29, 0.717) is 12.8 Å². The number of amides is 1. The van der Waals surface area contributed by atoms with Crippen molar-refractivity contribution >= 4 is 5.91 Å². The standard InChI is InChI=1S/C11H21N3O/c1-4-5-10(13)8-11(15)14(3)9(2)6-7-12/h9-10H,4-6,8,13H2,1-3H3. The molecule has 0 aromatic rings. The third-order valence-corrected chi connectivity index (χ3v) is 2.54. The number of nitriles is 1. The molecule has 0 rings (SSSR count). The molecule has 4 heteroatoms. The largest absolute Gasteiger partial charge is 0.342 e. The Morgan fingerprint density at radius 1 is 1.60 bits per heavy atom. The van der Waals surface area contributed by atoms with E-state index in [0.717, 1.165) is 12.8 Å². The van der Waals surface area contributed by atoms with Gasteiger partial charge in [-0.05, 0) is 13.3 Å². The molecule has 0 saturated carbocycles. The lowest BCUT2D eigenvalue weighted by Gasteiger charge is -2.24. The van der Waals surface area contributed by atoms with Gasteiger partial charge in [-0.1, -0.05) is 13.3 Å². The second-order valence-corrected chi connectivity index (χ2v) is 3.97. The Labute approximate surface area is 92.0 Å². The highest BCUT2D eigenvalue weighted by molar-refractivity contribution is 5.76. The number of rotatable bonds is 6. The highest BCUT2D eigenvalue weighted by Crippen LogP contribution is 2.06. The van der Waals surface area contributed by atoms with E-state index in [4.69, 9.17) is 11.0 Å². The molecule has 2 atom stereocenters. The number of hydrogen-bond acceptors (Lipinski definition) is 3. The molecule has 15 heavy (non-hydrogen) atoms. The van der Waals surface area contributed by atoms with Gasteiger partial charge in [0.1, 0.15) is 0 Å². The topological polar surface area (TPSA) is 70.1 Å². The van der Waals surface area contributed by atoms with Crippen LogP contribution in [0, 0.1) is 11.3 Å². The van der Waals surface area contributed by atoms with Gasteiger partial charge in [0, 0.05) is 25.6 Å². The molecule has 4 nitrogen and oxygen atoms in total. The van der Waals surface area contributed by atoms with Crippen LogP contribution in [0.1, 0.15) is 39.5 Å². The number of carbonyl (C=O) groups is 1. The third-order valence-electron chi connectivity index (χ3n) is 2.54. The Kier molecular flexibility index (Phi) is 6.72. The highest BCUT2D eigenvalue weighted by atomic mass is 16.2. The minimum absolute atomic E-state index is 0.0266. The molecule has 0 aliphatic rings. The summed E-state index contributed by atoms with van der Waals surface area (Å²) < 4.78 is 0. The predicted molar refractivity (Wildman–Crippen MR) is 60.0 cm³/mol. The molecular weight excluding hydrogens is 190 g/mol. The van der Waals surface area contributed by atoms with E-state index in [2.05, 4.69) is 6.07 Å². The summed E-state index contributed by atoms with van der Waals surface area (Å²) in [6, 6.07) is 1.97. The van der Waals surface area contributed by atoms with Crippen LogP contribution < -0.4 is 5.73 Å². The highest BCUT2D eigenvalue weighted by Gasteiger charge is 2.17. The second kappa shape index (κ2) is 7.24. The van der Waals surface area contributed by atoms with Gasteiger partial charge in [-0.2, -0.15) is 5.26 Å². The second-order valence-electron chi connectivity index (χ2n) is 3.97.